The number of aliphatic imine (C=N–C) groups is 2. The molecule has 2 aliphatic heterocycles. The third-order valence-corrected chi connectivity index (χ3v) is 7.20. The molecule has 4 aromatic carbocycles. The molecule has 0 fully saturated rings. The molecule has 1 aromatic heterocycles. The van der Waals surface area contributed by atoms with Crippen LogP contribution in [0.4, 0.5) is 27.3 Å². The van der Waals surface area contributed by atoms with E-state index >= 15 is 4.39 Å². The van der Waals surface area contributed by atoms with Crippen LogP contribution in [0.5, 0.6) is 0 Å². The van der Waals surface area contributed by atoms with Crippen molar-refractivity contribution in [2.45, 2.75) is 13.0 Å². The standard InChI is InChI=1S/C31H22ClFN6/c1-19-27-28(23-11-5-6-12-24(23)33)38-26-14-8-7-13-25(26)35-29(34-21-17-15-20(32)16-18-21)31(38)36-30(27)39(37-19)22-9-3-2-4-10-22/h2-18,28H,1H3,(H,34,35)/t28-/m1/s1. The van der Waals surface area contributed by atoms with Crippen molar-refractivity contribution in [3.8, 4) is 5.69 Å². The number of benzene rings is 4. The van der Waals surface area contributed by atoms with Crippen molar-refractivity contribution < 1.29 is 4.39 Å². The van der Waals surface area contributed by atoms with E-state index in [2.05, 4.69) is 10.2 Å². The van der Waals surface area contributed by atoms with Crippen LogP contribution in [0, 0.1) is 12.7 Å². The summed E-state index contributed by atoms with van der Waals surface area (Å²) in [6.45, 7) is 1.95. The van der Waals surface area contributed by atoms with E-state index in [1.54, 1.807) is 6.07 Å². The highest BCUT2D eigenvalue weighted by Crippen LogP contribution is 2.48. The monoisotopic (exact) mass is 532 g/mol. The first kappa shape index (κ1) is 23.4. The van der Waals surface area contributed by atoms with E-state index in [-0.39, 0.29) is 5.82 Å². The lowest BCUT2D eigenvalue weighted by atomic mass is 9.93. The molecule has 0 spiro atoms. The summed E-state index contributed by atoms with van der Waals surface area (Å²) in [7, 11) is 0. The van der Waals surface area contributed by atoms with Crippen molar-refractivity contribution in [2.24, 2.45) is 9.98 Å². The lowest BCUT2D eigenvalue weighted by molar-refractivity contribution is 0.597. The van der Waals surface area contributed by atoms with E-state index in [4.69, 9.17) is 26.7 Å². The fourth-order valence-corrected chi connectivity index (χ4v) is 5.33. The molecule has 1 N–H and O–H groups in total. The maximum Gasteiger partial charge on any atom is 0.179 e. The van der Waals surface area contributed by atoms with Gasteiger partial charge in [-0.15, -0.1) is 0 Å². The van der Waals surface area contributed by atoms with Crippen molar-refractivity contribution in [1.29, 1.82) is 0 Å². The van der Waals surface area contributed by atoms with Crippen molar-refractivity contribution >= 4 is 46.2 Å². The van der Waals surface area contributed by atoms with Gasteiger partial charge in [-0.1, -0.05) is 60.1 Å². The number of hydrogen-bond donors (Lipinski definition) is 1. The quantitative estimate of drug-likeness (QED) is 0.258. The fourth-order valence-electron chi connectivity index (χ4n) is 5.21. The fraction of sp³-hybridized carbons (Fsp3) is 0.0645. The lowest BCUT2D eigenvalue weighted by Gasteiger charge is -2.40. The number of fused-ring (bicyclic) bond motifs is 4. The first-order chi connectivity index (χ1) is 19.1. The SMILES string of the molecule is Cc1nn(-c2ccccc2)c2c1[C@@H](c1ccccc1F)N1C(=N2)C(Nc2ccc(Cl)cc2)=Nc2ccccc21. The third kappa shape index (κ3) is 3.90. The molecule has 1 atom stereocenters. The van der Waals surface area contributed by atoms with Crippen LogP contribution in [0.1, 0.15) is 22.9 Å². The molecule has 5 aromatic rings. The van der Waals surface area contributed by atoms with Gasteiger partial charge in [-0.2, -0.15) is 5.10 Å². The van der Waals surface area contributed by atoms with Crippen LogP contribution in [-0.4, -0.2) is 21.5 Å². The highest BCUT2D eigenvalue weighted by molar-refractivity contribution is 6.51. The van der Waals surface area contributed by atoms with Gasteiger partial charge in [0.05, 0.1) is 28.8 Å². The van der Waals surface area contributed by atoms with Gasteiger partial charge in [-0.3, -0.25) is 0 Å². The molecular weight excluding hydrogens is 511 g/mol. The molecule has 0 saturated carbocycles. The summed E-state index contributed by atoms with van der Waals surface area (Å²) in [6, 6.07) is 31.4. The molecule has 8 heteroatoms. The van der Waals surface area contributed by atoms with E-state index in [9.17, 15) is 0 Å². The summed E-state index contributed by atoms with van der Waals surface area (Å²) in [5.41, 5.74) is 5.42. The van der Waals surface area contributed by atoms with Crippen LogP contribution in [0.25, 0.3) is 5.69 Å². The van der Waals surface area contributed by atoms with Crippen LogP contribution in [0.3, 0.4) is 0 Å². The predicted octanol–water partition coefficient (Wildman–Crippen LogP) is 7.77. The number of para-hydroxylation sites is 3. The average Bonchev–Trinajstić information content (AvgIpc) is 3.30. The van der Waals surface area contributed by atoms with Crippen LogP contribution < -0.4 is 10.2 Å². The second-order valence-corrected chi connectivity index (χ2v) is 9.82. The van der Waals surface area contributed by atoms with Crippen molar-refractivity contribution in [1.82, 2.24) is 9.78 Å². The van der Waals surface area contributed by atoms with E-state index in [0.29, 0.717) is 28.1 Å². The highest BCUT2D eigenvalue weighted by Gasteiger charge is 2.42. The molecule has 0 saturated heterocycles. The minimum atomic E-state index is -0.523. The first-order valence-corrected chi connectivity index (χ1v) is 12.9. The van der Waals surface area contributed by atoms with Crippen molar-refractivity contribution in [2.75, 3.05) is 10.2 Å². The Kier molecular flexibility index (Phi) is 5.52. The maximum absolute atomic E-state index is 15.6. The Labute approximate surface area is 229 Å². The Morgan fingerprint density at radius 1 is 0.821 bits per heavy atom. The molecule has 0 aliphatic carbocycles. The van der Waals surface area contributed by atoms with E-state index in [1.807, 2.05) is 103 Å². The summed E-state index contributed by atoms with van der Waals surface area (Å²) in [5, 5.41) is 8.95. The number of amidine groups is 2. The number of anilines is 2. The Bertz CT molecular complexity index is 1780. The Hall–Kier alpha value is -4.75. The average molecular weight is 533 g/mol. The van der Waals surface area contributed by atoms with Gasteiger partial charge in [0, 0.05) is 21.8 Å². The summed E-state index contributed by atoms with van der Waals surface area (Å²) in [5.74, 6) is 1.46. The summed E-state index contributed by atoms with van der Waals surface area (Å²) in [6.07, 6.45) is 0. The summed E-state index contributed by atoms with van der Waals surface area (Å²) >= 11 is 6.13. The lowest BCUT2D eigenvalue weighted by Crippen LogP contribution is -2.46. The molecule has 39 heavy (non-hydrogen) atoms. The molecule has 0 unspecified atom stereocenters. The smallest absolute Gasteiger partial charge is 0.179 e. The number of halogens is 2. The van der Waals surface area contributed by atoms with E-state index in [1.165, 1.54) is 6.07 Å². The number of nitrogens with zero attached hydrogens (tertiary/aromatic N) is 5. The van der Waals surface area contributed by atoms with Crippen molar-refractivity contribution in [3.63, 3.8) is 0 Å². The number of rotatable bonds is 3. The summed E-state index contributed by atoms with van der Waals surface area (Å²) < 4.78 is 17.4. The molecule has 0 radical (unpaired) electrons. The van der Waals surface area contributed by atoms with Crippen LogP contribution >= 0.6 is 11.6 Å². The number of aryl methyl sites for hydroxylation is 1. The first-order valence-electron chi connectivity index (χ1n) is 12.6. The molecule has 6 nitrogen and oxygen atoms in total. The number of aromatic nitrogens is 2. The number of hydrogen-bond acceptors (Lipinski definition) is 5. The van der Waals surface area contributed by atoms with Gasteiger partial charge in [0.1, 0.15) is 5.82 Å². The maximum atomic E-state index is 15.6. The predicted molar refractivity (Wildman–Crippen MR) is 155 cm³/mol. The molecular formula is C31H22ClFN6. The highest BCUT2D eigenvalue weighted by atomic mass is 35.5. The topological polar surface area (TPSA) is 57.8 Å². The Morgan fingerprint density at radius 3 is 2.33 bits per heavy atom. The van der Waals surface area contributed by atoms with Gasteiger partial charge in [-0.05, 0) is 61.5 Å². The van der Waals surface area contributed by atoms with Gasteiger partial charge in [0.15, 0.2) is 17.5 Å². The van der Waals surface area contributed by atoms with Gasteiger partial charge in [-0.25, -0.2) is 19.1 Å². The Morgan fingerprint density at radius 2 is 1.54 bits per heavy atom. The molecule has 2 aliphatic rings. The second kappa shape index (κ2) is 9.22. The van der Waals surface area contributed by atoms with Gasteiger partial charge >= 0.3 is 0 Å². The third-order valence-electron chi connectivity index (χ3n) is 6.95. The van der Waals surface area contributed by atoms with Crippen molar-refractivity contribution in [3.05, 3.63) is 131 Å². The van der Waals surface area contributed by atoms with Gasteiger partial charge in [0.25, 0.3) is 0 Å². The summed E-state index contributed by atoms with van der Waals surface area (Å²) in [4.78, 5) is 12.2. The zero-order valence-corrected chi connectivity index (χ0v) is 21.6. The molecule has 190 valence electrons. The molecule has 3 heterocycles. The van der Waals surface area contributed by atoms with E-state index < -0.39 is 6.04 Å². The normalized spacial score (nSPS) is 15.6. The molecule has 0 bridgehead atoms. The minimum Gasteiger partial charge on any atom is -0.337 e. The van der Waals surface area contributed by atoms with Crippen LogP contribution in [0.2, 0.25) is 5.02 Å². The van der Waals surface area contributed by atoms with Gasteiger partial charge < -0.3 is 10.2 Å². The molecule has 7 rings (SSSR count). The molecule has 0 amide bonds. The van der Waals surface area contributed by atoms with Crippen LogP contribution in [-0.2, 0) is 0 Å². The van der Waals surface area contributed by atoms with Crippen LogP contribution in [0.15, 0.2) is 113 Å². The Balaban J connectivity index is 1.51. The number of nitrogens with one attached hydrogen (secondary N) is 1. The zero-order valence-electron chi connectivity index (χ0n) is 20.9. The zero-order chi connectivity index (χ0) is 26.5. The van der Waals surface area contributed by atoms with Gasteiger partial charge in [0.2, 0.25) is 0 Å². The largest absolute Gasteiger partial charge is 0.337 e. The second-order valence-electron chi connectivity index (χ2n) is 9.38. The minimum absolute atomic E-state index is 0.297. The van der Waals surface area contributed by atoms with E-state index in [0.717, 1.165) is 34.0 Å².